The van der Waals surface area contributed by atoms with E-state index < -0.39 is 94.4 Å². The van der Waals surface area contributed by atoms with Crippen molar-refractivity contribution in [3.8, 4) is 51.6 Å². The Balaban J connectivity index is 1.43. The van der Waals surface area contributed by atoms with Crippen molar-refractivity contribution in [2.45, 2.75) is 30.7 Å². The SMILES string of the molecule is O=C(/C=C/c1ccc(O)c(O)c1)OC[C@H]1O[C@@H](Oc2c(-c3ccc(O)c(O)c3)oc3cc(O)cc(O)c3c2=O)[C@H](O)[C@@H](O)[C@@H]1O. The summed E-state index contributed by atoms with van der Waals surface area (Å²) in [5.74, 6) is -5.06. The molecule has 1 fully saturated rings. The van der Waals surface area contributed by atoms with Gasteiger partial charge in [0.05, 0.1) is 0 Å². The molecule has 1 aromatic heterocycles. The van der Waals surface area contributed by atoms with Gasteiger partial charge in [-0.3, -0.25) is 4.79 Å². The average molecular weight is 627 g/mol. The quantitative estimate of drug-likeness (QED) is 0.0791. The highest BCUT2D eigenvalue weighted by molar-refractivity contribution is 5.88. The molecule has 5 rings (SSSR count). The molecule has 1 aliphatic heterocycles. The van der Waals surface area contributed by atoms with E-state index >= 15 is 0 Å². The molecular weight excluding hydrogens is 600 g/mol. The third-order valence-corrected chi connectivity index (χ3v) is 6.86. The molecule has 3 aromatic carbocycles. The Kier molecular flexibility index (Phi) is 8.43. The number of carbonyl (C=O) groups is 1. The smallest absolute Gasteiger partial charge is 0.330 e. The summed E-state index contributed by atoms with van der Waals surface area (Å²) in [5.41, 5.74) is -1.02. The predicted molar refractivity (Wildman–Crippen MR) is 152 cm³/mol. The van der Waals surface area contributed by atoms with Gasteiger partial charge in [-0.05, 0) is 42.0 Å². The topological polar surface area (TPSA) is 257 Å². The summed E-state index contributed by atoms with van der Waals surface area (Å²) in [6.07, 6.45) is -6.85. The minimum absolute atomic E-state index is 0.0350. The molecular formula is C30H26O15. The number of hydrogen-bond acceptors (Lipinski definition) is 15. The minimum atomic E-state index is -1.97. The monoisotopic (exact) mass is 626 g/mol. The van der Waals surface area contributed by atoms with Crippen molar-refractivity contribution in [3.05, 3.63) is 70.4 Å². The molecule has 0 bridgehead atoms. The van der Waals surface area contributed by atoms with E-state index in [-0.39, 0.29) is 16.9 Å². The van der Waals surface area contributed by atoms with E-state index in [1.54, 1.807) is 0 Å². The fourth-order valence-electron chi connectivity index (χ4n) is 4.52. The lowest BCUT2D eigenvalue weighted by Gasteiger charge is -2.39. The lowest BCUT2D eigenvalue weighted by Crippen LogP contribution is -2.60. The van der Waals surface area contributed by atoms with Crippen molar-refractivity contribution in [1.29, 1.82) is 0 Å². The van der Waals surface area contributed by atoms with Gasteiger partial charge >= 0.3 is 5.97 Å². The zero-order valence-corrected chi connectivity index (χ0v) is 22.8. The summed E-state index contributed by atoms with van der Waals surface area (Å²) in [6, 6.07) is 9.02. The second-order valence-electron chi connectivity index (χ2n) is 9.98. The average Bonchev–Trinajstić information content (AvgIpc) is 2.99. The fourth-order valence-corrected chi connectivity index (χ4v) is 4.52. The van der Waals surface area contributed by atoms with Crippen LogP contribution in [-0.4, -0.2) is 89.2 Å². The van der Waals surface area contributed by atoms with Crippen LogP contribution < -0.4 is 10.2 Å². The summed E-state index contributed by atoms with van der Waals surface area (Å²) in [6.45, 7) is -0.667. The third-order valence-electron chi connectivity index (χ3n) is 6.86. The van der Waals surface area contributed by atoms with E-state index in [9.17, 15) is 55.5 Å². The first-order valence-corrected chi connectivity index (χ1v) is 13.1. The molecule has 0 radical (unpaired) electrons. The number of aromatic hydroxyl groups is 6. The molecule has 236 valence electrons. The lowest BCUT2D eigenvalue weighted by atomic mass is 9.99. The van der Waals surface area contributed by atoms with Crippen LogP contribution in [0.4, 0.5) is 0 Å². The molecule has 0 aliphatic carbocycles. The van der Waals surface area contributed by atoms with Gasteiger partial charge in [0.15, 0.2) is 28.8 Å². The second kappa shape index (κ2) is 12.3. The Hall–Kier alpha value is -5.48. The molecule has 0 spiro atoms. The molecule has 2 heterocycles. The Labute approximate surface area is 251 Å². The van der Waals surface area contributed by atoms with Crippen molar-refractivity contribution < 1.29 is 69.4 Å². The van der Waals surface area contributed by atoms with Gasteiger partial charge in [0.25, 0.3) is 0 Å². The first kappa shape index (κ1) is 31.0. The zero-order chi connectivity index (χ0) is 32.6. The highest BCUT2D eigenvalue weighted by Gasteiger charge is 2.46. The van der Waals surface area contributed by atoms with Gasteiger partial charge in [-0.2, -0.15) is 0 Å². The van der Waals surface area contributed by atoms with Crippen molar-refractivity contribution in [2.75, 3.05) is 6.61 Å². The predicted octanol–water partition coefficient (Wildman–Crippen LogP) is 1.14. The number of esters is 1. The molecule has 15 nitrogen and oxygen atoms in total. The summed E-state index contributed by atoms with van der Waals surface area (Å²) in [5, 5.41) is 90.2. The molecule has 5 atom stereocenters. The largest absolute Gasteiger partial charge is 0.508 e. The molecule has 0 saturated carbocycles. The maximum Gasteiger partial charge on any atom is 0.330 e. The Morgan fingerprint density at radius 1 is 0.800 bits per heavy atom. The Morgan fingerprint density at radius 3 is 2.18 bits per heavy atom. The van der Waals surface area contributed by atoms with Crippen molar-refractivity contribution >= 4 is 23.0 Å². The normalized spacial score (nSPS) is 21.6. The Morgan fingerprint density at radius 2 is 1.49 bits per heavy atom. The summed E-state index contributed by atoms with van der Waals surface area (Å²) >= 11 is 0. The third kappa shape index (κ3) is 6.27. The van der Waals surface area contributed by atoms with Gasteiger partial charge in [-0.25, -0.2) is 4.79 Å². The minimum Gasteiger partial charge on any atom is -0.508 e. The number of fused-ring (bicyclic) bond motifs is 1. The number of phenols is 6. The fraction of sp³-hybridized carbons (Fsp3) is 0.200. The number of phenolic OH excluding ortho intramolecular Hbond substituents is 6. The van der Waals surface area contributed by atoms with Crippen LogP contribution in [0.5, 0.6) is 40.2 Å². The number of hydrogen-bond donors (Lipinski definition) is 9. The van der Waals surface area contributed by atoms with Crippen LogP contribution in [0.15, 0.2) is 63.8 Å². The van der Waals surface area contributed by atoms with Crippen molar-refractivity contribution in [3.63, 3.8) is 0 Å². The van der Waals surface area contributed by atoms with Crippen LogP contribution in [0, 0.1) is 0 Å². The number of rotatable bonds is 7. The van der Waals surface area contributed by atoms with Crippen LogP contribution in [0.1, 0.15) is 5.56 Å². The zero-order valence-electron chi connectivity index (χ0n) is 22.8. The first-order chi connectivity index (χ1) is 21.3. The Bertz CT molecular complexity index is 1850. The highest BCUT2D eigenvalue weighted by Crippen LogP contribution is 2.39. The van der Waals surface area contributed by atoms with Crippen molar-refractivity contribution in [2.24, 2.45) is 0 Å². The van der Waals surface area contributed by atoms with E-state index in [2.05, 4.69) is 0 Å². The van der Waals surface area contributed by atoms with Gasteiger partial charge in [-0.1, -0.05) is 6.07 Å². The van der Waals surface area contributed by atoms with Gasteiger partial charge in [0, 0.05) is 23.8 Å². The van der Waals surface area contributed by atoms with Crippen LogP contribution in [0.2, 0.25) is 0 Å². The van der Waals surface area contributed by atoms with E-state index in [1.165, 1.54) is 30.3 Å². The first-order valence-electron chi connectivity index (χ1n) is 13.1. The standard InChI is InChI=1S/C30H26O15/c31-14-9-19(36)23-20(10-14)43-28(13-3-5-16(33)18(35)8-13)29(25(23)39)45-30-27(41)26(40)24(38)21(44-30)11-42-22(37)6-2-12-1-4-15(32)17(34)7-12/h1-10,21,24,26-27,30-36,38,40-41H,11H2/b6-2+/t21-,24-,26+,27-,30+/m1/s1. The van der Waals surface area contributed by atoms with Crippen LogP contribution >= 0.6 is 0 Å². The second-order valence-corrected chi connectivity index (χ2v) is 9.98. The maximum absolute atomic E-state index is 13.6. The highest BCUT2D eigenvalue weighted by atomic mass is 16.7. The number of carbonyl (C=O) groups excluding carboxylic acids is 1. The van der Waals surface area contributed by atoms with Gasteiger partial charge in [-0.15, -0.1) is 0 Å². The number of aliphatic hydroxyl groups excluding tert-OH is 3. The van der Waals surface area contributed by atoms with E-state index in [1.807, 2.05) is 0 Å². The van der Waals surface area contributed by atoms with Gasteiger partial charge in [0.2, 0.25) is 17.5 Å². The molecule has 45 heavy (non-hydrogen) atoms. The molecule has 1 saturated heterocycles. The lowest BCUT2D eigenvalue weighted by molar-refractivity contribution is -0.278. The molecule has 9 N–H and O–H groups in total. The molecule has 15 heteroatoms. The number of ether oxygens (including phenoxy) is 3. The van der Waals surface area contributed by atoms with Crippen LogP contribution in [0.25, 0.3) is 28.4 Å². The molecule has 4 aromatic rings. The van der Waals surface area contributed by atoms with Gasteiger partial charge in [0.1, 0.15) is 53.5 Å². The van der Waals surface area contributed by atoms with Crippen LogP contribution in [0.3, 0.4) is 0 Å². The summed E-state index contributed by atoms with van der Waals surface area (Å²) < 4.78 is 22.0. The van der Waals surface area contributed by atoms with Gasteiger partial charge < -0.3 is 64.6 Å². The molecule has 0 unspecified atom stereocenters. The number of benzene rings is 3. The maximum atomic E-state index is 13.6. The van der Waals surface area contributed by atoms with Crippen LogP contribution in [-0.2, 0) is 14.3 Å². The molecule has 1 aliphatic rings. The van der Waals surface area contributed by atoms with Crippen molar-refractivity contribution in [1.82, 2.24) is 0 Å². The van der Waals surface area contributed by atoms with E-state index in [0.29, 0.717) is 5.56 Å². The van der Waals surface area contributed by atoms with E-state index in [4.69, 9.17) is 18.6 Å². The summed E-state index contributed by atoms with van der Waals surface area (Å²) in [4.78, 5) is 25.8. The summed E-state index contributed by atoms with van der Waals surface area (Å²) in [7, 11) is 0. The van der Waals surface area contributed by atoms with E-state index in [0.717, 1.165) is 30.3 Å². The molecule has 0 amide bonds. The number of aliphatic hydroxyl groups is 3.